The van der Waals surface area contributed by atoms with Crippen LogP contribution in [-0.4, -0.2) is 73.2 Å². The number of nitrogens with zero attached hydrogens (tertiary/aromatic N) is 2. The van der Waals surface area contributed by atoms with Gasteiger partial charge in [-0.25, -0.2) is 4.79 Å². The highest BCUT2D eigenvalue weighted by atomic mass is 32.2. The number of amides is 2. The van der Waals surface area contributed by atoms with Crippen LogP contribution in [0.2, 0.25) is 0 Å². The zero-order valence-electron chi connectivity index (χ0n) is 30.5. The first-order valence-corrected chi connectivity index (χ1v) is 18.1. The second kappa shape index (κ2) is 17.1. The average Bonchev–Trinajstić information content (AvgIpc) is 3.15. The Labute approximate surface area is 310 Å². The maximum absolute atomic E-state index is 12.7. The van der Waals surface area contributed by atoms with Crippen molar-refractivity contribution >= 4 is 35.1 Å². The Morgan fingerprint density at radius 3 is 1.56 bits per heavy atom. The number of hydrogen-bond donors (Lipinski definition) is 1. The predicted molar refractivity (Wildman–Crippen MR) is 211 cm³/mol. The number of carboxylic acids is 1. The Balaban J connectivity index is 1.51. The number of carbonyl (C=O) groups excluding carboxylic acids is 2. The van der Waals surface area contributed by atoms with E-state index in [0.29, 0.717) is 16.9 Å². The maximum atomic E-state index is 12.7. The van der Waals surface area contributed by atoms with Gasteiger partial charge in [-0.05, 0) is 100 Å². The van der Waals surface area contributed by atoms with Crippen molar-refractivity contribution in [3.63, 3.8) is 0 Å². The summed E-state index contributed by atoms with van der Waals surface area (Å²) in [7, 11) is 7.02. The number of hydrogen-bond acceptors (Lipinski definition) is 5. The number of thioether (sulfide) groups is 1. The molecule has 0 atom stereocenters. The third-order valence-electron chi connectivity index (χ3n) is 8.74. The van der Waals surface area contributed by atoms with Crippen molar-refractivity contribution in [1.82, 2.24) is 9.80 Å². The lowest BCUT2D eigenvalue weighted by Gasteiger charge is -2.18. The third-order valence-corrected chi connectivity index (χ3v) is 9.82. The van der Waals surface area contributed by atoms with Gasteiger partial charge in [-0.1, -0.05) is 85.3 Å². The molecule has 7 nitrogen and oxygen atoms in total. The molecule has 0 aliphatic rings. The normalized spacial score (nSPS) is 10.7. The Morgan fingerprint density at radius 2 is 1.13 bits per heavy atom. The Bertz CT molecular complexity index is 1990. The third kappa shape index (κ3) is 9.19. The van der Waals surface area contributed by atoms with Gasteiger partial charge in [-0.15, -0.1) is 11.8 Å². The van der Waals surface area contributed by atoms with E-state index in [1.165, 1.54) is 5.57 Å². The molecule has 0 saturated carbocycles. The fourth-order valence-electron chi connectivity index (χ4n) is 5.95. The van der Waals surface area contributed by atoms with Crippen molar-refractivity contribution in [3.05, 3.63) is 149 Å². The molecule has 0 radical (unpaired) electrons. The number of aryl methyl sites for hydroxylation is 1. The van der Waals surface area contributed by atoms with E-state index in [1.54, 1.807) is 49.8 Å². The van der Waals surface area contributed by atoms with E-state index in [4.69, 9.17) is 9.84 Å². The van der Waals surface area contributed by atoms with E-state index in [-0.39, 0.29) is 18.4 Å². The summed E-state index contributed by atoms with van der Waals surface area (Å²) >= 11 is 1.73. The highest BCUT2D eigenvalue weighted by molar-refractivity contribution is 7.99. The van der Waals surface area contributed by atoms with Gasteiger partial charge in [0.05, 0.1) is 0 Å². The fourth-order valence-corrected chi connectivity index (χ4v) is 7.06. The first-order valence-electron chi connectivity index (χ1n) is 17.1. The van der Waals surface area contributed by atoms with E-state index in [0.717, 1.165) is 61.6 Å². The molecule has 0 aliphatic carbocycles. The van der Waals surface area contributed by atoms with Crippen LogP contribution in [0.3, 0.4) is 0 Å². The van der Waals surface area contributed by atoms with Crippen LogP contribution < -0.4 is 4.74 Å². The molecule has 0 fully saturated rings. The van der Waals surface area contributed by atoms with Crippen LogP contribution in [0.25, 0.3) is 27.8 Å². The predicted octanol–water partition coefficient (Wildman–Crippen LogP) is 9.20. The van der Waals surface area contributed by atoms with Gasteiger partial charge < -0.3 is 19.6 Å². The highest BCUT2D eigenvalue weighted by Crippen LogP contribution is 2.36. The maximum Gasteiger partial charge on any atom is 0.341 e. The lowest BCUT2D eigenvalue weighted by molar-refractivity contribution is -0.139. The molecule has 0 spiro atoms. The lowest BCUT2D eigenvalue weighted by Crippen LogP contribution is -2.21. The number of carbonyl (C=O) groups is 3. The first-order chi connectivity index (χ1) is 24.9. The van der Waals surface area contributed by atoms with Crippen molar-refractivity contribution in [3.8, 4) is 28.0 Å². The van der Waals surface area contributed by atoms with E-state index >= 15 is 0 Å². The molecule has 2 amide bonds. The number of ether oxygens (including phenoxy) is 1. The summed E-state index contributed by atoms with van der Waals surface area (Å²) in [5.74, 6) is 0.224. The van der Waals surface area contributed by atoms with E-state index in [9.17, 15) is 14.4 Å². The van der Waals surface area contributed by atoms with Gasteiger partial charge in [0.1, 0.15) is 5.75 Å². The van der Waals surface area contributed by atoms with Crippen LogP contribution in [0.15, 0.2) is 126 Å². The summed E-state index contributed by atoms with van der Waals surface area (Å²) in [6.45, 7) is 3.72. The Morgan fingerprint density at radius 1 is 0.635 bits per heavy atom. The molecular weight excluding hydrogens is 669 g/mol. The second-order valence-corrected chi connectivity index (χ2v) is 14.0. The van der Waals surface area contributed by atoms with Gasteiger partial charge in [-0.2, -0.15) is 0 Å². The van der Waals surface area contributed by atoms with Gasteiger partial charge in [0.2, 0.25) is 0 Å². The van der Waals surface area contributed by atoms with Crippen molar-refractivity contribution in [2.24, 2.45) is 0 Å². The number of benzene rings is 5. The SMILES string of the molecule is CCC(CSc1ccc(OCC(=O)O)c(C)c1)=C(c1ccc(-c2cccc(C(=O)N(C)C)c2)cc1)c1ccc(-c2cccc(C(=O)N(C)C)c2)cc1. The summed E-state index contributed by atoms with van der Waals surface area (Å²) in [5, 5.41) is 9.01. The highest BCUT2D eigenvalue weighted by Gasteiger charge is 2.15. The summed E-state index contributed by atoms with van der Waals surface area (Å²) in [6, 6.07) is 38.3. The van der Waals surface area contributed by atoms with Crippen LogP contribution in [0, 0.1) is 6.92 Å². The zero-order valence-corrected chi connectivity index (χ0v) is 31.3. The first kappa shape index (κ1) is 37.7. The summed E-state index contributed by atoms with van der Waals surface area (Å²) < 4.78 is 5.44. The minimum Gasteiger partial charge on any atom is -0.482 e. The molecule has 1 N–H and O–H groups in total. The molecule has 8 heteroatoms. The molecule has 5 rings (SSSR count). The zero-order chi connectivity index (χ0) is 37.4. The molecule has 0 bridgehead atoms. The Hall–Kier alpha value is -5.60. The lowest BCUT2D eigenvalue weighted by atomic mass is 9.90. The quantitative estimate of drug-likeness (QED) is 0.123. The minimum atomic E-state index is -1.01. The molecule has 266 valence electrons. The van der Waals surface area contributed by atoms with E-state index in [2.05, 4.69) is 55.5 Å². The molecule has 0 unspecified atom stereocenters. The van der Waals surface area contributed by atoms with Crippen molar-refractivity contribution in [2.45, 2.75) is 25.2 Å². The molecule has 52 heavy (non-hydrogen) atoms. The second-order valence-electron chi connectivity index (χ2n) is 12.9. The fraction of sp³-hybridized carbons (Fsp3) is 0.205. The van der Waals surface area contributed by atoms with Gasteiger partial charge in [0.25, 0.3) is 11.8 Å². The smallest absolute Gasteiger partial charge is 0.341 e. The molecule has 0 aliphatic heterocycles. The summed E-state index contributed by atoms with van der Waals surface area (Å²) in [5.41, 5.74) is 10.8. The van der Waals surface area contributed by atoms with Crippen LogP contribution in [0.1, 0.15) is 50.8 Å². The van der Waals surface area contributed by atoms with Gasteiger partial charge >= 0.3 is 5.97 Å². The number of rotatable bonds is 13. The topological polar surface area (TPSA) is 87.1 Å². The minimum absolute atomic E-state index is 0.0362. The van der Waals surface area contributed by atoms with Crippen LogP contribution in [0.4, 0.5) is 0 Å². The summed E-state index contributed by atoms with van der Waals surface area (Å²) in [4.78, 5) is 40.5. The van der Waals surface area contributed by atoms with Crippen LogP contribution >= 0.6 is 11.8 Å². The van der Waals surface area contributed by atoms with Gasteiger partial charge in [-0.3, -0.25) is 9.59 Å². The standard InChI is InChI=1S/C44H44N2O5S/c1-7-30(28-52-39-22-23-40(29(2)24-39)51-27-41(47)48)42(33-18-14-31(15-19-33)35-10-8-12-37(25-35)43(49)45(3)4)34-20-16-32(17-21-34)36-11-9-13-38(26-36)44(50)46(5)6/h8-26H,7,27-28H2,1-6H3,(H,47,48). The molecule has 5 aromatic carbocycles. The number of aliphatic carboxylic acids is 1. The van der Waals surface area contributed by atoms with Crippen molar-refractivity contribution in [2.75, 3.05) is 40.6 Å². The molecule has 0 aromatic heterocycles. The van der Waals surface area contributed by atoms with E-state index in [1.807, 2.05) is 73.7 Å². The molecule has 5 aromatic rings. The van der Waals surface area contributed by atoms with Crippen molar-refractivity contribution < 1.29 is 24.2 Å². The monoisotopic (exact) mass is 712 g/mol. The molecular formula is C44H44N2O5S. The van der Waals surface area contributed by atoms with Gasteiger partial charge in [0, 0.05) is 50.0 Å². The average molecular weight is 713 g/mol. The molecule has 0 saturated heterocycles. The van der Waals surface area contributed by atoms with Crippen LogP contribution in [0.5, 0.6) is 5.75 Å². The van der Waals surface area contributed by atoms with Gasteiger partial charge in [0.15, 0.2) is 6.61 Å². The van der Waals surface area contributed by atoms with Crippen LogP contribution in [-0.2, 0) is 4.79 Å². The van der Waals surface area contributed by atoms with E-state index < -0.39 is 5.97 Å². The summed E-state index contributed by atoms with van der Waals surface area (Å²) in [6.07, 6.45) is 0.827. The largest absolute Gasteiger partial charge is 0.482 e. The number of carboxylic acid groups (broad SMARTS) is 1. The van der Waals surface area contributed by atoms with Crippen molar-refractivity contribution in [1.29, 1.82) is 0 Å². The Kier molecular flexibility index (Phi) is 12.4. The molecule has 0 heterocycles.